The predicted molar refractivity (Wildman–Crippen MR) is 84.8 cm³/mol. The number of rotatable bonds is 2. The molecule has 20 heavy (non-hydrogen) atoms. The molecule has 0 radical (unpaired) electrons. The molecule has 3 N–H and O–H groups in total. The van der Waals surface area contributed by atoms with Gasteiger partial charge in [-0.2, -0.15) is 0 Å². The van der Waals surface area contributed by atoms with E-state index in [1.165, 1.54) is 32.1 Å². The SMILES string of the molecule is Cc1cc(N)c(NC(=O)C2CCCCCCC2)cc1C. The zero-order chi connectivity index (χ0) is 14.5. The summed E-state index contributed by atoms with van der Waals surface area (Å²) in [5.41, 5.74) is 9.75. The Kier molecular flexibility index (Phi) is 5.05. The molecule has 3 nitrogen and oxygen atoms in total. The van der Waals surface area contributed by atoms with Crippen molar-refractivity contribution < 1.29 is 4.79 Å². The lowest BCUT2D eigenvalue weighted by Gasteiger charge is -2.20. The van der Waals surface area contributed by atoms with E-state index in [-0.39, 0.29) is 11.8 Å². The number of aryl methyl sites for hydroxylation is 2. The Labute approximate surface area is 121 Å². The number of hydrogen-bond acceptors (Lipinski definition) is 2. The van der Waals surface area contributed by atoms with Crippen molar-refractivity contribution in [3.63, 3.8) is 0 Å². The molecule has 0 aromatic heterocycles. The summed E-state index contributed by atoms with van der Waals surface area (Å²) < 4.78 is 0. The van der Waals surface area contributed by atoms with Crippen LogP contribution in [0.15, 0.2) is 12.1 Å². The zero-order valence-corrected chi connectivity index (χ0v) is 12.7. The molecule has 1 amide bonds. The van der Waals surface area contributed by atoms with E-state index in [0.717, 1.165) is 29.7 Å². The fourth-order valence-electron chi connectivity index (χ4n) is 2.90. The van der Waals surface area contributed by atoms with E-state index >= 15 is 0 Å². The number of benzene rings is 1. The smallest absolute Gasteiger partial charge is 0.227 e. The normalized spacial score (nSPS) is 17.3. The van der Waals surface area contributed by atoms with Crippen molar-refractivity contribution in [3.8, 4) is 0 Å². The van der Waals surface area contributed by atoms with Crippen LogP contribution in [0.1, 0.15) is 56.1 Å². The van der Waals surface area contributed by atoms with Gasteiger partial charge in [-0.1, -0.05) is 32.1 Å². The number of anilines is 2. The van der Waals surface area contributed by atoms with Gasteiger partial charge in [0.05, 0.1) is 11.4 Å². The first-order valence-electron chi connectivity index (χ1n) is 7.75. The maximum absolute atomic E-state index is 12.4. The summed E-state index contributed by atoms with van der Waals surface area (Å²) in [5.74, 6) is 0.290. The van der Waals surface area contributed by atoms with Crippen LogP contribution in [-0.4, -0.2) is 5.91 Å². The maximum atomic E-state index is 12.4. The van der Waals surface area contributed by atoms with Gasteiger partial charge in [-0.15, -0.1) is 0 Å². The van der Waals surface area contributed by atoms with Crippen molar-refractivity contribution in [1.82, 2.24) is 0 Å². The molecule has 2 rings (SSSR count). The third kappa shape index (κ3) is 3.75. The van der Waals surface area contributed by atoms with Gasteiger partial charge in [0.2, 0.25) is 5.91 Å². The number of nitrogens with one attached hydrogen (secondary N) is 1. The van der Waals surface area contributed by atoms with Crippen molar-refractivity contribution in [2.24, 2.45) is 5.92 Å². The Morgan fingerprint density at radius 3 is 2.25 bits per heavy atom. The van der Waals surface area contributed by atoms with Crippen molar-refractivity contribution in [2.45, 2.75) is 58.8 Å². The number of carbonyl (C=O) groups is 1. The molecule has 0 spiro atoms. The van der Waals surface area contributed by atoms with Crippen LogP contribution < -0.4 is 11.1 Å². The van der Waals surface area contributed by atoms with Crippen LogP contribution in [0.2, 0.25) is 0 Å². The summed E-state index contributed by atoms with van der Waals surface area (Å²) in [6, 6.07) is 3.91. The lowest BCUT2D eigenvalue weighted by atomic mass is 9.90. The summed E-state index contributed by atoms with van der Waals surface area (Å²) in [6.45, 7) is 4.08. The topological polar surface area (TPSA) is 55.1 Å². The highest BCUT2D eigenvalue weighted by atomic mass is 16.1. The molecule has 1 aromatic rings. The number of nitrogen functional groups attached to an aromatic ring is 1. The summed E-state index contributed by atoms with van der Waals surface area (Å²) in [5, 5.41) is 3.03. The second-order valence-corrected chi connectivity index (χ2v) is 6.06. The van der Waals surface area contributed by atoms with E-state index in [9.17, 15) is 4.79 Å². The molecule has 0 heterocycles. The van der Waals surface area contributed by atoms with Crippen molar-refractivity contribution in [3.05, 3.63) is 23.3 Å². The minimum absolute atomic E-state index is 0.141. The Hall–Kier alpha value is -1.51. The van der Waals surface area contributed by atoms with E-state index in [0.29, 0.717) is 5.69 Å². The summed E-state index contributed by atoms with van der Waals surface area (Å²) in [6.07, 6.45) is 8.19. The van der Waals surface area contributed by atoms with Crippen LogP contribution in [0.3, 0.4) is 0 Å². The van der Waals surface area contributed by atoms with Gasteiger partial charge in [0.25, 0.3) is 0 Å². The lowest BCUT2D eigenvalue weighted by Crippen LogP contribution is -2.24. The monoisotopic (exact) mass is 274 g/mol. The first-order chi connectivity index (χ1) is 9.58. The fraction of sp³-hybridized carbons (Fsp3) is 0.588. The van der Waals surface area contributed by atoms with Gasteiger partial charge in [-0.05, 0) is 49.9 Å². The standard InChI is InChI=1S/C17H26N2O/c1-12-10-15(18)16(11-13(12)2)19-17(20)14-8-6-4-3-5-7-9-14/h10-11,14H,3-9,18H2,1-2H3,(H,19,20). The molecule has 0 atom stereocenters. The van der Waals surface area contributed by atoms with Crippen LogP contribution in [0.4, 0.5) is 11.4 Å². The maximum Gasteiger partial charge on any atom is 0.227 e. The van der Waals surface area contributed by atoms with Gasteiger partial charge < -0.3 is 11.1 Å². The number of carbonyl (C=O) groups excluding carboxylic acids is 1. The third-order valence-electron chi connectivity index (χ3n) is 4.40. The summed E-state index contributed by atoms with van der Waals surface area (Å²) >= 11 is 0. The highest BCUT2D eigenvalue weighted by Crippen LogP contribution is 2.27. The third-order valence-corrected chi connectivity index (χ3v) is 4.40. The van der Waals surface area contributed by atoms with Gasteiger partial charge >= 0.3 is 0 Å². The molecule has 1 fully saturated rings. The van der Waals surface area contributed by atoms with Gasteiger partial charge in [-0.25, -0.2) is 0 Å². The summed E-state index contributed by atoms with van der Waals surface area (Å²) in [7, 11) is 0. The van der Waals surface area contributed by atoms with E-state index in [1.807, 2.05) is 26.0 Å². The molecule has 1 aliphatic carbocycles. The second kappa shape index (κ2) is 6.78. The van der Waals surface area contributed by atoms with Crippen LogP contribution in [0, 0.1) is 19.8 Å². The average Bonchev–Trinajstić information content (AvgIpc) is 2.35. The minimum atomic E-state index is 0.141. The molecule has 1 aliphatic rings. The predicted octanol–water partition coefficient (Wildman–Crippen LogP) is 4.18. The molecular weight excluding hydrogens is 248 g/mol. The second-order valence-electron chi connectivity index (χ2n) is 6.06. The van der Waals surface area contributed by atoms with E-state index in [1.54, 1.807) is 0 Å². The average molecular weight is 274 g/mol. The molecule has 0 saturated heterocycles. The highest BCUT2D eigenvalue weighted by Gasteiger charge is 2.20. The van der Waals surface area contributed by atoms with E-state index in [2.05, 4.69) is 5.32 Å². The van der Waals surface area contributed by atoms with E-state index in [4.69, 9.17) is 5.73 Å². The Bertz CT molecular complexity index is 474. The lowest BCUT2D eigenvalue weighted by molar-refractivity contribution is -0.120. The molecule has 1 aromatic carbocycles. The quantitative estimate of drug-likeness (QED) is 0.795. The first-order valence-corrected chi connectivity index (χ1v) is 7.75. The van der Waals surface area contributed by atoms with Gasteiger partial charge in [0.1, 0.15) is 0 Å². The summed E-state index contributed by atoms with van der Waals surface area (Å²) in [4.78, 5) is 12.4. The van der Waals surface area contributed by atoms with Crippen molar-refractivity contribution >= 4 is 17.3 Å². The van der Waals surface area contributed by atoms with Crippen LogP contribution in [-0.2, 0) is 4.79 Å². The first kappa shape index (κ1) is 14.9. The van der Waals surface area contributed by atoms with Gasteiger partial charge in [0, 0.05) is 5.92 Å². The molecule has 110 valence electrons. The van der Waals surface area contributed by atoms with Crippen LogP contribution in [0.5, 0.6) is 0 Å². The molecule has 0 unspecified atom stereocenters. The van der Waals surface area contributed by atoms with Crippen molar-refractivity contribution in [2.75, 3.05) is 11.1 Å². The Balaban J connectivity index is 2.04. The Morgan fingerprint density at radius 1 is 1.05 bits per heavy atom. The van der Waals surface area contributed by atoms with E-state index < -0.39 is 0 Å². The fourth-order valence-corrected chi connectivity index (χ4v) is 2.90. The van der Waals surface area contributed by atoms with Crippen LogP contribution in [0.25, 0.3) is 0 Å². The Morgan fingerprint density at radius 2 is 1.60 bits per heavy atom. The largest absolute Gasteiger partial charge is 0.397 e. The minimum Gasteiger partial charge on any atom is -0.397 e. The molecular formula is C17H26N2O. The zero-order valence-electron chi connectivity index (χ0n) is 12.7. The highest BCUT2D eigenvalue weighted by molar-refractivity contribution is 5.95. The number of hydrogen-bond donors (Lipinski definition) is 2. The van der Waals surface area contributed by atoms with Gasteiger partial charge in [-0.3, -0.25) is 4.79 Å². The number of nitrogens with two attached hydrogens (primary N) is 1. The molecule has 1 saturated carbocycles. The molecule has 3 heteroatoms. The molecule has 0 bridgehead atoms. The van der Waals surface area contributed by atoms with Crippen molar-refractivity contribution in [1.29, 1.82) is 0 Å². The van der Waals surface area contributed by atoms with Crippen LogP contribution >= 0.6 is 0 Å². The number of amides is 1. The molecule has 0 aliphatic heterocycles. The van der Waals surface area contributed by atoms with Gasteiger partial charge in [0.15, 0.2) is 0 Å².